The number of benzene rings is 1. The Hall–Kier alpha value is -1.75. The third-order valence-corrected chi connectivity index (χ3v) is 2.60. The lowest BCUT2D eigenvalue weighted by molar-refractivity contribution is -0.143. The summed E-state index contributed by atoms with van der Waals surface area (Å²) in [6.07, 6.45) is -0.725. The number of aryl methyl sites for hydroxylation is 1. The van der Waals surface area contributed by atoms with Gasteiger partial charge in [0.2, 0.25) is 0 Å². The highest BCUT2D eigenvalue weighted by molar-refractivity contribution is 6.17. The van der Waals surface area contributed by atoms with Crippen molar-refractivity contribution in [2.75, 3.05) is 19.0 Å². The standard InChI is InChI=1S/C12H14ClNO4/c1-8-4-3-5-10(9(8)6-13)14-12(16)18-7-11(15)17-2/h3-5H,6-7H2,1-2H3,(H,14,16). The minimum atomic E-state index is -0.725. The highest BCUT2D eigenvalue weighted by Gasteiger charge is 2.10. The lowest BCUT2D eigenvalue weighted by Gasteiger charge is -2.11. The molecule has 1 amide bonds. The van der Waals surface area contributed by atoms with Crippen molar-refractivity contribution in [3.63, 3.8) is 0 Å². The zero-order chi connectivity index (χ0) is 13.5. The number of ether oxygens (including phenoxy) is 2. The Morgan fingerprint density at radius 2 is 2.11 bits per heavy atom. The van der Waals surface area contributed by atoms with Crippen molar-refractivity contribution < 1.29 is 19.1 Å². The van der Waals surface area contributed by atoms with Crippen LogP contribution in [0.3, 0.4) is 0 Å². The first-order valence-electron chi connectivity index (χ1n) is 5.23. The zero-order valence-electron chi connectivity index (χ0n) is 10.2. The van der Waals surface area contributed by atoms with Gasteiger partial charge in [-0.15, -0.1) is 11.6 Å². The highest BCUT2D eigenvalue weighted by atomic mass is 35.5. The number of halogens is 1. The van der Waals surface area contributed by atoms with E-state index in [-0.39, 0.29) is 5.88 Å². The molecule has 0 atom stereocenters. The molecule has 1 aromatic carbocycles. The van der Waals surface area contributed by atoms with Crippen LogP contribution >= 0.6 is 11.6 Å². The van der Waals surface area contributed by atoms with Gasteiger partial charge in [-0.1, -0.05) is 12.1 Å². The quantitative estimate of drug-likeness (QED) is 0.675. The molecule has 0 fully saturated rings. The summed E-state index contributed by atoms with van der Waals surface area (Å²) in [6, 6.07) is 5.40. The normalized spacial score (nSPS) is 9.72. The minimum absolute atomic E-state index is 0.277. The lowest BCUT2D eigenvalue weighted by atomic mass is 10.1. The van der Waals surface area contributed by atoms with Gasteiger partial charge in [0.25, 0.3) is 0 Å². The van der Waals surface area contributed by atoms with E-state index in [1.165, 1.54) is 7.11 Å². The van der Waals surface area contributed by atoms with Crippen LogP contribution < -0.4 is 5.32 Å². The first-order chi connectivity index (χ1) is 8.58. The van der Waals surface area contributed by atoms with E-state index in [1.54, 1.807) is 12.1 Å². The smallest absolute Gasteiger partial charge is 0.412 e. The molecule has 5 nitrogen and oxygen atoms in total. The van der Waals surface area contributed by atoms with Crippen molar-refractivity contribution in [2.24, 2.45) is 0 Å². The van der Waals surface area contributed by atoms with Gasteiger partial charge in [-0.25, -0.2) is 9.59 Å². The maximum Gasteiger partial charge on any atom is 0.412 e. The monoisotopic (exact) mass is 271 g/mol. The van der Waals surface area contributed by atoms with Crippen LogP contribution in [-0.4, -0.2) is 25.8 Å². The molecule has 0 radical (unpaired) electrons. The van der Waals surface area contributed by atoms with Crippen LogP contribution in [0.5, 0.6) is 0 Å². The summed E-state index contributed by atoms with van der Waals surface area (Å²) in [7, 11) is 1.22. The fourth-order valence-corrected chi connectivity index (χ4v) is 1.68. The second kappa shape index (κ2) is 6.86. The molecule has 0 aliphatic heterocycles. The van der Waals surface area contributed by atoms with E-state index in [1.807, 2.05) is 13.0 Å². The molecule has 0 spiro atoms. The summed E-state index contributed by atoms with van der Waals surface area (Å²) in [6.45, 7) is 1.47. The molecule has 0 aromatic heterocycles. The van der Waals surface area contributed by atoms with Gasteiger partial charge >= 0.3 is 12.1 Å². The van der Waals surface area contributed by atoms with Gasteiger partial charge in [0.15, 0.2) is 6.61 Å². The van der Waals surface area contributed by atoms with E-state index in [0.29, 0.717) is 5.69 Å². The van der Waals surface area contributed by atoms with E-state index in [4.69, 9.17) is 11.6 Å². The Bertz CT molecular complexity index is 448. The molecule has 0 saturated carbocycles. The average Bonchev–Trinajstić information content (AvgIpc) is 2.36. The van der Waals surface area contributed by atoms with Crippen molar-refractivity contribution in [3.8, 4) is 0 Å². The molecule has 0 bridgehead atoms. The molecular formula is C12H14ClNO4. The van der Waals surface area contributed by atoms with Gasteiger partial charge in [-0.3, -0.25) is 5.32 Å². The molecule has 0 aliphatic rings. The van der Waals surface area contributed by atoms with E-state index >= 15 is 0 Å². The van der Waals surface area contributed by atoms with Crippen LogP contribution in [-0.2, 0) is 20.1 Å². The van der Waals surface area contributed by atoms with Crippen molar-refractivity contribution >= 4 is 29.4 Å². The van der Waals surface area contributed by atoms with Crippen LogP contribution in [0.15, 0.2) is 18.2 Å². The van der Waals surface area contributed by atoms with Crippen LogP contribution in [0.4, 0.5) is 10.5 Å². The van der Waals surface area contributed by atoms with Gasteiger partial charge in [0.05, 0.1) is 7.11 Å². The Morgan fingerprint density at radius 1 is 1.39 bits per heavy atom. The van der Waals surface area contributed by atoms with E-state index in [9.17, 15) is 9.59 Å². The van der Waals surface area contributed by atoms with Crippen molar-refractivity contribution in [1.82, 2.24) is 0 Å². The largest absolute Gasteiger partial charge is 0.466 e. The Balaban J connectivity index is 2.64. The summed E-state index contributed by atoms with van der Waals surface area (Å²) < 4.78 is 9.02. The van der Waals surface area contributed by atoms with E-state index in [2.05, 4.69) is 14.8 Å². The number of amides is 1. The first kappa shape index (κ1) is 14.3. The Labute approximate surface area is 110 Å². The number of hydrogen-bond donors (Lipinski definition) is 1. The van der Waals surface area contributed by atoms with Crippen molar-refractivity contribution in [3.05, 3.63) is 29.3 Å². The third kappa shape index (κ3) is 3.92. The zero-order valence-corrected chi connectivity index (χ0v) is 10.9. The molecule has 6 heteroatoms. The lowest BCUT2D eigenvalue weighted by Crippen LogP contribution is -2.20. The van der Waals surface area contributed by atoms with Crippen LogP contribution in [0.25, 0.3) is 0 Å². The summed E-state index contributed by atoms with van der Waals surface area (Å²) in [5.41, 5.74) is 2.35. The maximum absolute atomic E-state index is 11.4. The van der Waals surface area contributed by atoms with Crippen molar-refractivity contribution in [1.29, 1.82) is 0 Å². The maximum atomic E-state index is 11.4. The van der Waals surface area contributed by atoms with Gasteiger partial charge in [-0.2, -0.15) is 0 Å². The number of esters is 1. The molecular weight excluding hydrogens is 258 g/mol. The number of carbonyl (C=O) groups is 2. The predicted octanol–water partition coefficient (Wildman–Crippen LogP) is 2.46. The second-order valence-electron chi connectivity index (χ2n) is 3.51. The Kier molecular flexibility index (Phi) is 5.45. The number of hydrogen-bond acceptors (Lipinski definition) is 4. The number of anilines is 1. The van der Waals surface area contributed by atoms with Crippen LogP contribution in [0.2, 0.25) is 0 Å². The third-order valence-electron chi connectivity index (χ3n) is 2.33. The molecule has 1 aromatic rings. The molecule has 98 valence electrons. The summed E-state index contributed by atoms with van der Waals surface area (Å²) in [5.74, 6) is -0.341. The van der Waals surface area contributed by atoms with Gasteiger partial charge < -0.3 is 9.47 Å². The average molecular weight is 272 g/mol. The topological polar surface area (TPSA) is 64.6 Å². The number of nitrogens with one attached hydrogen (secondary N) is 1. The number of carbonyl (C=O) groups excluding carboxylic acids is 2. The van der Waals surface area contributed by atoms with Crippen LogP contribution in [0.1, 0.15) is 11.1 Å². The first-order valence-corrected chi connectivity index (χ1v) is 5.77. The van der Waals surface area contributed by atoms with E-state index < -0.39 is 18.7 Å². The minimum Gasteiger partial charge on any atom is -0.466 e. The molecule has 0 aliphatic carbocycles. The molecule has 0 heterocycles. The summed E-state index contributed by atoms with van der Waals surface area (Å²) in [5, 5.41) is 2.53. The molecule has 0 saturated heterocycles. The van der Waals surface area contributed by atoms with Gasteiger partial charge in [0.1, 0.15) is 0 Å². The second-order valence-corrected chi connectivity index (χ2v) is 3.78. The fourth-order valence-electron chi connectivity index (χ4n) is 1.33. The molecule has 1 rings (SSSR count). The SMILES string of the molecule is COC(=O)COC(=O)Nc1cccc(C)c1CCl. The van der Waals surface area contributed by atoms with E-state index in [0.717, 1.165) is 11.1 Å². The predicted molar refractivity (Wildman–Crippen MR) is 67.7 cm³/mol. The molecule has 0 unspecified atom stereocenters. The number of rotatable bonds is 4. The summed E-state index contributed by atoms with van der Waals surface area (Å²) >= 11 is 5.80. The number of alkyl halides is 1. The molecule has 18 heavy (non-hydrogen) atoms. The van der Waals surface area contributed by atoms with Gasteiger partial charge in [-0.05, 0) is 24.1 Å². The highest BCUT2D eigenvalue weighted by Crippen LogP contribution is 2.21. The van der Waals surface area contributed by atoms with Gasteiger partial charge in [0, 0.05) is 11.6 Å². The van der Waals surface area contributed by atoms with Crippen LogP contribution in [0, 0.1) is 6.92 Å². The van der Waals surface area contributed by atoms with Crippen molar-refractivity contribution in [2.45, 2.75) is 12.8 Å². The Morgan fingerprint density at radius 3 is 2.72 bits per heavy atom. The number of methoxy groups -OCH3 is 1. The fraction of sp³-hybridized carbons (Fsp3) is 0.333. The summed E-state index contributed by atoms with van der Waals surface area (Å²) in [4.78, 5) is 22.2. The molecule has 1 N–H and O–H groups in total.